The zero-order chi connectivity index (χ0) is 22.9. The molecule has 0 aromatic heterocycles. The number of anilines is 3. The number of benzene rings is 6. The first-order valence-electron chi connectivity index (χ1n) is 11.7. The van der Waals surface area contributed by atoms with E-state index in [2.05, 4.69) is 145 Å². The van der Waals surface area contributed by atoms with Crippen LogP contribution in [0.3, 0.4) is 0 Å². The number of nitrogens with zero attached hydrogens (tertiary/aromatic N) is 1. The van der Waals surface area contributed by atoms with Crippen LogP contribution in [-0.4, -0.2) is 0 Å². The molecule has 0 heterocycles. The first-order valence-corrected chi connectivity index (χ1v) is 11.7. The van der Waals surface area contributed by atoms with E-state index in [9.17, 15) is 0 Å². The van der Waals surface area contributed by atoms with Gasteiger partial charge in [0.05, 0.1) is 5.69 Å². The summed E-state index contributed by atoms with van der Waals surface area (Å²) in [5, 5.41) is 5.06. The minimum atomic E-state index is 1.14. The third-order valence-electron chi connectivity index (χ3n) is 6.53. The van der Waals surface area contributed by atoms with Gasteiger partial charge in [-0.1, -0.05) is 109 Å². The fourth-order valence-corrected chi connectivity index (χ4v) is 4.77. The third-order valence-corrected chi connectivity index (χ3v) is 6.53. The second-order valence-electron chi connectivity index (χ2n) is 8.74. The topological polar surface area (TPSA) is 3.24 Å². The fourth-order valence-electron chi connectivity index (χ4n) is 4.77. The summed E-state index contributed by atoms with van der Waals surface area (Å²) in [5.74, 6) is 0. The van der Waals surface area contributed by atoms with Crippen LogP contribution in [0.4, 0.5) is 17.1 Å². The highest BCUT2D eigenvalue weighted by Crippen LogP contribution is 2.41. The summed E-state index contributed by atoms with van der Waals surface area (Å²) in [6.45, 7) is 2.13. The number of hydrogen-bond donors (Lipinski definition) is 0. The Hall–Kier alpha value is -4.36. The Morgan fingerprint density at radius 3 is 1.79 bits per heavy atom. The van der Waals surface area contributed by atoms with Crippen LogP contribution in [-0.2, 0) is 0 Å². The summed E-state index contributed by atoms with van der Waals surface area (Å²) >= 11 is 0. The van der Waals surface area contributed by atoms with Crippen molar-refractivity contribution in [3.05, 3.63) is 139 Å². The lowest BCUT2D eigenvalue weighted by Gasteiger charge is -2.27. The fraction of sp³-hybridized carbons (Fsp3) is 0.0303. The van der Waals surface area contributed by atoms with E-state index in [-0.39, 0.29) is 0 Å². The largest absolute Gasteiger partial charge is 0.310 e. The van der Waals surface area contributed by atoms with Crippen LogP contribution in [0, 0.1) is 6.92 Å². The van der Waals surface area contributed by atoms with Gasteiger partial charge in [0, 0.05) is 16.8 Å². The molecule has 0 atom stereocenters. The highest BCUT2D eigenvalue weighted by molar-refractivity contribution is 6.12. The molecule has 0 saturated carbocycles. The van der Waals surface area contributed by atoms with E-state index in [4.69, 9.17) is 0 Å². The van der Waals surface area contributed by atoms with E-state index >= 15 is 0 Å². The van der Waals surface area contributed by atoms with E-state index in [1.54, 1.807) is 0 Å². The van der Waals surface area contributed by atoms with Crippen molar-refractivity contribution in [1.82, 2.24) is 0 Å². The molecule has 0 aliphatic carbocycles. The lowest BCUT2D eigenvalue weighted by atomic mass is 9.99. The summed E-state index contributed by atoms with van der Waals surface area (Å²) in [6.07, 6.45) is 0. The summed E-state index contributed by atoms with van der Waals surface area (Å²) in [7, 11) is 0. The number of hydrogen-bond acceptors (Lipinski definition) is 1. The summed E-state index contributed by atoms with van der Waals surface area (Å²) in [6, 6.07) is 47.9. The Labute approximate surface area is 200 Å². The molecule has 162 valence electrons. The molecule has 34 heavy (non-hydrogen) atoms. The summed E-state index contributed by atoms with van der Waals surface area (Å²) in [4.78, 5) is 2.37. The van der Waals surface area contributed by atoms with Gasteiger partial charge in [0.1, 0.15) is 0 Å². The van der Waals surface area contributed by atoms with Crippen LogP contribution in [0.25, 0.3) is 32.7 Å². The minimum Gasteiger partial charge on any atom is -0.310 e. The lowest BCUT2D eigenvalue weighted by molar-refractivity contribution is 1.29. The average molecular weight is 436 g/mol. The molecule has 0 aliphatic heterocycles. The molecule has 6 aromatic carbocycles. The average Bonchev–Trinajstić information content (AvgIpc) is 2.91. The maximum atomic E-state index is 2.37. The van der Waals surface area contributed by atoms with Gasteiger partial charge in [-0.2, -0.15) is 0 Å². The molecule has 0 unspecified atom stereocenters. The van der Waals surface area contributed by atoms with Gasteiger partial charge in [0.15, 0.2) is 0 Å². The molecule has 0 radical (unpaired) electrons. The number of rotatable bonds is 4. The normalized spacial score (nSPS) is 11.1. The highest BCUT2D eigenvalue weighted by Gasteiger charge is 2.16. The van der Waals surface area contributed by atoms with Crippen LogP contribution in [0.15, 0.2) is 133 Å². The number of fused-ring (bicyclic) bond motifs is 3. The molecule has 0 saturated heterocycles. The molecular formula is C33H25N. The third kappa shape index (κ3) is 3.62. The monoisotopic (exact) mass is 435 g/mol. The van der Waals surface area contributed by atoms with Crippen molar-refractivity contribution in [2.24, 2.45) is 0 Å². The molecule has 0 N–H and O–H groups in total. The second kappa shape index (κ2) is 8.53. The van der Waals surface area contributed by atoms with E-state index in [0.717, 1.165) is 11.4 Å². The molecule has 6 rings (SSSR count). The molecular weight excluding hydrogens is 410 g/mol. The van der Waals surface area contributed by atoms with Gasteiger partial charge in [-0.05, 0) is 64.5 Å². The van der Waals surface area contributed by atoms with Crippen molar-refractivity contribution in [2.75, 3.05) is 4.90 Å². The SMILES string of the molecule is Cc1ccc(N(c2ccc(-c3ccccc3)cc2)c2cccc3c2ccc2ccccc23)cc1. The smallest absolute Gasteiger partial charge is 0.0540 e. The Morgan fingerprint density at radius 2 is 1.03 bits per heavy atom. The van der Waals surface area contributed by atoms with E-state index in [1.165, 1.54) is 43.9 Å². The van der Waals surface area contributed by atoms with Gasteiger partial charge in [-0.3, -0.25) is 0 Å². The molecule has 1 heteroatoms. The van der Waals surface area contributed by atoms with Crippen LogP contribution in [0.5, 0.6) is 0 Å². The Balaban J connectivity index is 1.55. The predicted molar refractivity (Wildman–Crippen MR) is 146 cm³/mol. The maximum absolute atomic E-state index is 2.37. The molecule has 6 aromatic rings. The molecule has 0 amide bonds. The van der Waals surface area contributed by atoms with Crippen molar-refractivity contribution in [1.29, 1.82) is 0 Å². The minimum absolute atomic E-state index is 1.14. The van der Waals surface area contributed by atoms with Crippen LogP contribution >= 0.6 is 0 Å². The Morgan fingerprint density at radius 1 is 0.412 bits per heavy atom. The standard InChI is InChI=1S/C33H25N/c1-24-14-19-28(20-15-24)34(29-21-16-26(17-22-29)25-8-3-2-4-9-25)33-13-7-12-31-30-11-6-5-10-27(30)18-23-32(31)33/h2-23H,1H3. The zero-order valence-electron chi connectivity index (χ0n) is 19.1. The first kappa shape index (κ1) is 20.3. The van der Waals surface area contributed by atoms with Crippen molar-refractivity contribution in [3.63, 3.8) is 0 Å². The molecule has 0 aliphatic rings. The van der Waals surface area contributed by atoms with Gasteiger partial charge >= 0.3 is 0 Å². The van der Waals surface area contributed by atoms with Crippen molar-refractivity contribution < 1.29 is 0 Å². The lowest BCUT2D eigenvalue weighted by Crippen LogP contribution is -2.10. The Kier molecular flexibility index (Phi) is 5.08. The van der Waals surface area contributed by atoms with Gasteiger partial charge in [-0.15, -0.1) is 0 Å². The van der Waals surface area contributed by atoms with Gasteiger partial charge < -0.3 is 4.90 Å². The quantitative estimate of drug-likeness (QED) is 0.249. The highest BCUT2D eigenvalue weighted by atomic mass is 15.1. The zero-order valence-corrected chi connectivity index (χ0v) is 19.1. The van der Waals surface area contributed by atoms with Crippen molar-refractivity contribution >= 4 is 38.6 Å². The maximum Gasteiger partial charge on any atom is 0.0540 e. The van der Waals surface area contributed by atoms with Crippen molar-refractivity contribution in [3.8, 4) is 11.1 Å². The Bertz CT molecular complexity index is 1580. The van der Waals surface area contributed by atoms with Gasteiger partial charge in [0.25, 0.3) is 0 Å². The van der Waals surface area contributed by atoms with Crippen molar-refractivity contribution in [2.45, 2.75) is 6.92 Å². The van der Waals surface area contributed by atoms with Crippen LogP contribution in [0.1, 0.15) is 5.56 Å². The molecule has 0 bridgehead atoms. The predicted octanol–water partition coefficient (Wildman–Crippen LogP) is 9.44. The van der Waals surface area contributed by atoms with E-state index in [0.29, 0.717) is 0 Å². The van der Waals surface area contributed by atoms with E-state index in [1.807, 2.05) is 0 Å². The molecule has 1 nitrogen and oxygen atoms in total. The second-order valence-corrected chi connectivity index (χ2v) is 8.74. The number of aryl methyl sites for hydroxylation is 1. The van der Waals surface area contributed by atoms with Gasteiger partial charge in [0.2, 0.25) is 0 Å². The van der Waals surface area contributed by atoms with Crippen LogP contribution < -0.4 is 4.90 Å². The molecule has 0 fully saturated rings. The summed E-state index contributed by atoms with van der Waals surface area (Å²) in [5.41, 5.74) is 7.18. The first-order chi connectivity index (χ1) is 16.8. The van der Waals surface area contributed by atoms with Crippen LogP contribution in [0.2, 0.25) is 0 Å². The summed E-state index contributed by atoms with van der Waals surface area (Å²) < 4.78 is 0. The van der Waals surface area contributed by atoms with Gasteiger partial charge in [-0.25, -0.2) is 0 Å². The van der Waals surface area contributed by atoms with E-state index < -0.39 is 0 Å². The molecule has 0 spiro atoms.